The molecule has 0 saturated carbocycles. The Morgan fingerprint density at radius 3 is 2.52 bits per heavy atom. The fourth-order valence-corrected chi connectivity index (χ4v) is 2.42. The number of phenols is 1. The summed E-state index contributed by atoms with van der Waals surface area (Å²) in [7, 11) is 1.52. The molecule has 2 aromatic carbocycles. The molecule has 108 valence electrons. The Hall–Kier alpha value is -2.53. The average Bonchev–Trinajstić information content (AvgIpc) is 2.48. The zero-order chi connectivity index (χ0) is 15.0. The van der Waals surface area contributed by atoms with E-state index >= 15 is 0 Å². The van der Waals surface area contributed by atoms with Gasteiger partial charge >= 0.3 is 0 Å². The molecule has 0 aliphatic carbocycles. The van der Waals surface area contributed by atoms with E-state index in [1.54, 1.807) is 30.3 Å². The van der Waals surface area contributed by atoms with E-state index in [4.69, 9.17) is 9.47 Å². The van der Waals surface area contributed by atoms with Crippen LogP contribution in [0.15, 0.2) is 42.5 Å². The molecule has 0 bridgehead atoms. The van der Waals surface area contributed by atoms with Crippen LogP contribution in [0, 0.1) is 0 Å². The third kappa shape index (κ3) is 2.32. The third-order valence-corrected chi connectivity index (χ3v) is 3.52. The molecule has 1 aliphatic rings. The summed E-state index contributed by atoms with van der Waals surface area (Å²) in [6, 6.07) is 11.0. The first kappa shape index (κ1) is 13.5. The normalized spacial score (nSPS) is 20.6. The predicted octanol–water partition coefficient (Wildman–Crippen LogP) is 2.08. The molecule has 0 saturated heterocycles. The Balaban J connectivity index is 2.01. The zero-order valence-corrected chi connectivity index (χ0v) is 11.3. The fourth-order valence-electron chi connectivity index (χ4n) is 2.42. The summed E-state index contributed by atoms with van der Waals surface area (Å²) in [5.74, 6) is -0.0788. The van der Waals surface area contributed by atoms with Crippen LogP contribution in [-0.4, -0.2) is 29.4 Å². The number of aliphatic hydroxyl groups excluding tert-OH is 1. The number of Topliss-reactive ketones (excluding diaryl/α,β-unsaturated/α-hetero) is 1. The van der Waals surface area contributed by atoms with Gasteiger partial charge in [0.25, 0.3) is 0 Å². The maximum atomic E-state index is 12.6. The largest absolute Gasteiger partial charge is 0.508 e. The van der Waals surface area contributed by atoms with Crippen LogP contribution in [-0.2, 0) is 0 Å². The highest BCUT2D eigenvalue weighted by Crippen LogP contribution is 2.37. The molecule has 1 heterocycles. The van der Waals surface area contributed by atoms with Crippen molar-refractivity contribution in [3.63, 3.8) is 0 Å². The van der Waals surface area contributed by atoms with E-state index in [0.29, 0.717) is 22.6 Å². The molecule has 0 spiro atoms. The number of carbonyl (C=O) groups excluding carboxylic acids is 1. The van der Waals surface area contributed by atoms with E-state index < -0.39 is 12.2 Å². The van der Waals surface area contributed by atoms with Gasteiger partial charge in [0.05, 0.1) is 12.7 Å². The molecular formula is C16H14O5. The molecule has 5 heteroatoms. The molecule has 3 rings (SSSR count). The van der Waals surface area contributed by atoms with Gasteiger partial charge in [0.1, 0.15) is 23.2 Å². The van der Waals surface area contributed by atoms with Gasteiger partial charge in [-0.25, -0.2) is 0 Å². The van der Waals surface area contributed by atoms with Gasteiger partial charge in [0, 0.05) is 6.07 Å². The van der Waals surface area contributed by atoms with Crippen molar-refractivity contribution in [2.24, 2.45) is 0 Å². The van der Waals surface area contributed by atoms with Gasteiger partial charge in [0.2, 0.25) is 6.29 Å². The van der Waals surface area contributed by atoms with Crippen LogP contribution in [0.4, 0.5) is 0 Å². The van der Waals surface area contributed by atoms with Gasteiger partial charge < -0.3 is 19.7 Å². The quantitative estimate of drug-likeness (QED) is 0.884. The minimum absolute atomic E-state index is 0.0996. The van der Waals surface area contributed by atoms with E-state index in [2.05, 4.69) is 0 Å². The summed E-state index contributed by atoms with van der Waals surface area (Å²) in [6.45, 7) is 0. The van der Waals surface area contributed by atoms with Crippen molar-refractivity contribution >= 4 is 5.78 Å². The van der Waals surface area contributed by atoms with Gasteiger partial charge in [-0.15, -0.1) is 0 Å². The van der Waals surface area contributed by atoms with Crippen LogP contribution in [0.3, 0.4) is 0 Å². The molecule has 5 nitrogen and oxygen atoms in total. The number of aromatic hydroxyl groups is 1. The molecule has 2 atom stereocenters. The van der Waals surface area contributed by atoms with Gasteiger partial charge in [0.15, 0.2) is 5.78 Å². The fraction of sp³-hybridized carbons (Fsp3) is 0.188. The number of fused-ring (bicyclic) bond motifs is 1. The lowest BCUT2D eigenvalue weighted by Gasteiger charge is -2.29. The topological polar surface area (TPSA) is 76.0 Å². The van der Waals surface area contributed by atoms with E-state index in [0.717, 1.165) is 0 Å². The van der Waals surface area contributed by atoms with Crippen molar-refractivity contribution in [2.75, 3.05) is 7.11 Å². The predicted molar refractivity (Wildman–Crippen MR) is 74.8 cm³/mol. The molecule has 0 aromatic heterocycles. The second kappa shape index (κ2) is 5.10. The highest BCUT2D eigenvalue weighted by molar-refractivity contribution is 6.04. The number of carbonyl (C=O) groups is 1. The molecule has 2 unspecified atom stereocenters. The molecular weight excluding hydrogens is 272 g/mol. The first-order valence-corrected chi connectivity index (χ1v) is 6.46. The van der Waals surface area contributed by atoms with Crippen molar-refractivity contribution in [1.29, 1.82) is 0 Å². The lowest BCUT2D eigenvalue weighted by Crippen LogP contribution is -2.35. The maximum absolute atomic E-state index is 12.6. The molecule has 21 heavy (non-hydrogen) atoms. The van der Waals surface area contributed by atoms with Crippen LogP contribution in [0.2, 0.25) is 0 Å². The Morgan fingerprint density at radius 2 is 1.86 bits per heavy atom. The molecule has 1 aliphatic heterocycles. The molecule has 2 aromatic rings. The van der Waals surface area contributed by atoms with Gasteiger partial charge in [-0.1, -0.05) is 12.1 Å². The van der Waals surface area contributed by atoms with E-state index in [-0.39, 0.29) is 11.5 Å². The number of methoxy groups -OCH3 is 1. The van der Waals surface area contributed by atoms with Crippen LogP contribution >= 0.6 is 0 Å². The summed E-state index contributed by atoms with van der Waals surface area (Å²) in [6.07, 6.45) is -1.28. The molecule has 0 fully saturated rings. The SMILES string of the molecule is COc1ccc2c(c1)OC(O)C(c1ccc(O)cc1)C2=O. The Labute approximate surface area is 121 Å². The molecule has 0 radical (unpaired) electrons. The van der Waals surface area contributed by atoms with Crippen molar-refractivity contribution < 1.29 is 24.5 Å². The van der Waals surface area contributed by atoms with Crippen molar-refractivity contribution in [2.45, 2.75) is 12.2 Å². The van der Waals surface area contributed by atoms with Gasteiger partial charge in [-0.2, -0.15) is 0 Å². The second-order valence-corrected chi connectivity index (χ2v) is 4.80. The highest BCUT2D eigenvalue weighted by Gasteiger charge is 2.37. The lowest BCUT2D eigenvalue weighted by molar-refractivity contribution is -0.0386. The van der Waals surface area contributed by atoms with Crippen molar-refractivity contribution in [1.82, 2.24) is 0 Å². The highest BCUT2D eigenvalue weighted by atomic mass is 16.6. The van der Waals surface area contributed by atoms with E-state index in [1.165, 1.54) is 19.2 Å². The Morgan fingerprint density at radius 1 is 1.14 bits per heavy atom. The third-order valence-electron chi connectivity index (χ3n) is 3.52. The molecule has 0 amide bonds. The van der Waals surface area contributed by atoms with Crippen LogP contribution in [0.25, 0.3) is 0 Å². The Kier molecular flexibility index (Phi) is 3.27. The van der Waals surface area contributed by atoms with E-state index in [1.807, 2.05) is 0 Å². The summed E-state index contributed by atoms with van der Waals surface area (Å²) >= 11 is 0. The number of ether oxygens (including phenoxy) is 2. The number of aliphatic hydroxyl groups is 1. The number of hydrogen-bond donors (Lipinski definition) is 2. The van der Waals surface area contributed by atoms with Gasteiger partial charge in [-0.05, 0) is 29.8 Å². The minimum Gasteiger partial charge on any atom is -0.508 e. The van der Waals surface area contributed by atoms with E-state index in [9.17, 15) is 15.0 Å². The smallest absolute Gasteiger partial charge is 0.211 e. The Bertz CT molecular complexity index is 678. The summed E-state index contributed by atoms with van der Waals surface area (Å²) in [5, 5.41) is 19.4. The second-order valence-electron chi connectivity index (χ2n) is 4.80. The number of benzene rings is 2. The van der Waals surface area contributed by atoms with Crippen LogP contribution in [0.1, 0.15) is 21.8 Å². The molecule has 2 N–H and O–H groups in total. The first-order chi connectivity index (χ1) is 10.1. The summed E-state index contributed by atoms with van der Waals surface area (Å²) in [4.78, 5) is 12.6. The lowest BCUT2D eigenvalue weighted by atomic mass is 9.87. The number of hydrogen-bond acceptors (Lipinski definition) is 5. The average molecular weight is 286 g/mol. The summed E-state index contributed by atoms with van der Waals surface area (Å²) < 4.78 is 10.5. The van der Waals surface area contributed by atoms with Crippen molar-refractivity contribution in [3.8, 4) is 17.2 Å². The first-order valence-electron chi connectivity index (χ1n) is 6.46. The number of ketones is 1. The van der Waals surface area contributed by atoms with Gasteiger partial charge in [-0.3, -0.25) is 4.79 Å². The number of phenolic OH excluding ortho intramolecular Hbond substituents is 1. The van der Waals surface area contributed by atoms with Crippen LogP contribution < -0.4 is 9.47 Å². The monoisotopic (exact) mass is 286 g/mol. The maximum Gasteiger partial charge on any atom is 0.211 e. The van der Waals surface area contributed by atoms with Crippen molar-refractivity contribution in [3.05, 3.63) is 53.6 Å². The summed E-state index contributed by atoms with van der Waals surface area (Å²) in [5.41, 5.74) is 0.992. The van der Waals surface area contributed by atoms with Crippen LogP contribution in [0.5, 0.6) is 17.2 Å². The minimum atomic E-state index is -1.28. The standard InChI is InChI=1S/C16H14O5/c1-20-11-6-7-12-13(8-11)21-16(19)14(15(12)18)9-2-4-10(17)5-3-9/h2-8,14,16-17,19H,1H3. The number of rotatable bonds is 2. The zero-order valence-electron chi connectivity index (χ0n) is 11.3.